The van der Waals surface area contributed by atoms with Crippen molar-refractivity contribution in [2.45, 2.75) is 6.42 Å². The topological polar surface area (TPSA) is 86.1 Å². The summed E-state index contributed by atoms with van der Waals surface area (Å²) in [6.45, 7) is 1.76. The standard InChI is InChI=1S/C14H14N4O2S/c15-2-1-13-16-10(7-21-13)14-17-8-5-11-12(6-9(8)18-14)20-4-3-19-11/h5-7H,1-4,15H2,(H,17,18). The maximum Gasteiger partial charge on any atom is 0.163 e. The molecule has 2 aromatic heterocycles. The Balaban J connectivity index is 1.75. The van der Waals surface area contributed by atoms with Crippen LogP contribution in [0.15, 0.2) is 17.5 Å². The van der Waals surface area contributed by atoms with Gasteiger partial charge in [-0.05, 0) is 6.54 Å². The molecule has 0 aliphatic carbocycles. The molecule has 108 valence electrons. The zero-order valence-electron chi connectivity index (χ0n) is 11.3. The lowest BCUT2D eigenvalue weighted by atomic mass is 10.2. The minimum atomic E-state index is 0.574. The molecule has 0 saturated heterocycles. The summed E-state index contributed by atoms with van der Waals surface area (Å²) in [7, 11) is 0. The van der Waals surface area contributed by atoms with Crippen molar-refractivity contribution in [1.29, 1.82) is 0 Å². The molecule has 3 aromatic rings. The number of H-pyrrole nitrogens is 1. The summed E-state index contributed by atoms with van der Waals surface area (Å²) in [4.78, 5) is 12.4. The fourth-order valence-corrected chi connectivity index (χ4v) is 3.12. The highest BCUT2D eigenvalue weighted by Gasteiger charge is 2.16. The van der Waals surface area contributed by atoms with Crippen LogP contribution in [0.4, 0.5) is 0 Å². The van der Waals surface area contributed by atoms with Crippen LogP contribution in [0.2, 0.25) is 0 Å². The molecule has 21 heavy (non-hydrogen) atoms. The molecule has 1 aromatic carbocycles. The van der Waals surface area contributed by atoms with Crippen LogP contribution in [-0.2, 0) is 6.42 Å². The summed E-state index contributed by atoms with van der Waals surface area (Å²) in [5, 5.41) is 3.02. The predicted octanol–water partition coefficient (Wildman–Crippen LogP) is 1.96. The highest BCUT2D eigenvalue weighted by molar-refractivity contribution is 7.09. The molecule has 0 amide bonds. The number of ether oxygens (including phenoxy) is 2. The Kier molecular flexibility index (Phi) is 3.01. The van der Waals surface area contributed by atoms with Gasteiger partial charge in [-0.3, -0.25) is 0 Å². The van der Waals surface area contributed by atoms with E-state index in [9.17, 15) is 0 Å². The van der Waals surface area contributed by atoms with Crippen molar-refractivity contribution < 1.29 is 9.47 Å². The second-order valence-electron chi connectivity index (χ2n) is 4.76. The zero-order chi connectivity index (χ0) is 14.2. The molecular weight excluding hydrogens is 288 g/mol. The van der Waals surface area contributed by atoms with Gasteiger partial charge in [0.05, 0.1) is 16.0 Å². The lowest BCUT2D eigenvalue weighted by Gasteiger charge is -2.17. The lowest BCUT2D eigenvalue weighted by molar-refractivity contribution is 0.172. The van der Waals surface area contributed by atoms with Crippen LogP contribution in [0.3, 0.4) is 0 Å². The first kappa shape index (κ1) is 12.6. The number of imidazole rings is 1. The number of aromatic nitrogens is 3. The monoisotopic (exact) mass is 302 g/mol. The molecule has 6 nitrogen and oxygen atoms in total. The summed E-state index contributed by atoms with van der Waals surface area (Å²) >= 11 is 1.60. The van der Waals surface area contributed by atoms with Crippen LogP contribution in [0, 0.1) is 0 Å². The summed E-state index contributed by atoms with van der Waals surface area (Å²) in [5.41, 5.74) is 8.17. The second-order valence-corrected chi connectivity index (χ2v) is 5.71. The number of hydrogen-bond donors (Lipinski definition) is 2. The van der Waals surface area contributed by atoms with Crippen molar-refractivity contribution in [2.75, 3.05) is 19.8 Å². The molecule has 4 rings (SSSR count). The van der Waals surface area contributed by atoms with Crippen molar-refractivity contribution in [1.82, 2.24) is 15.0 Å². The Hall–Kier alpha value is -2.12. The maximum absolute atomic E-state index is 5.58. The summed E-state index contributed by atoms with van der Waals surface area (Å²) in [6.07, 6.45) is 0.793. The van der Waals surface area contributed by atoms with Crippen LogP contribution in [0.5, 0.6) is 11.5 Å². The smallest absolute Gasteiger partial charge is 0.163 e. The highest BCUT2D eigenvalue weighted by Crippen LogP contribution is 2.34. The van der Waals surface area contributed by atoms with Gasteiger partial charge in [-0.15, -0.1) is 11.3 Å². The molecule has 0 atom stereocenters. The molecule has 1 aliphatic rings. The Morgan fingerprint density at radius 3 is 2.81 bits per heavy atom. The molecule has 0 spiro atoms. The summed E-state index contributed by atoms with van der Waals surface area (Å²) in [5.74, 6) is 2.26. The quantitative estimate of drug-likeness (QED) is 0.772. The molecule has 0 saturated carbocycles. The van der Waals surface area contributed by atoms with Gasteiger partial charge in [-0.25, -0.2) is 9.97 Å². The minimum Gasteiger partial charge on any atom is -0.486 e. The molecule has 3 N–H and O–H groups in total. The molecule has 0 radical (unpaired) electrons. The highest BCUT2D eigenvalue weighted by atomic mass is 32.1. The lowest BCUT2D eigenvalue weighted by Crippen LogP contribution is -2.15. The van der Waals surface area contributed by atoms with E-state index < -0.39 is 0 Å². The third kappa shape index (κ3) is 2.24. The molecule has 1 aliphatic heterocycles. The van der Waals surface area contributed by atoms with Gasteiger partial charge < -0.3 is 20.2 Å². The van der Waals surface area contributed by atoms with E-state index in [0.717, 1.165) is 45.5 Å². The van der Waals surface area contributed by atoms with Crippen LogP contribution in [0.25, 0.3) is 22.6 Å². The van der Waals surface area contributed by atoms with Crippen LogP contribution >= 0.6 is 11.3 Å². The first-order valence-corrected chi connectivity index (χ1v) is 7.65. The summed E-state index contributed by atoms with van der Waals surface area (Å²) < 4.78 is 11.2. The van der Waals surface area contributed by atoms with E-state index in [1.807, 2.05) is 17.5 Å². The van der Waals surface area contributed by atoms with Gasteiger partial charge in [-0.1, -0.05) is 0 Å². The molecule has 0 fully saturated rings. The number of nitrogens with zero attached hydrogens (tertiary/aromatic N) is 2. The van der Waals surface area contributed by atoms with Gasteiger partial charge in [0.15, 0.2) is 17.3 Å². The van der Waals surface area contributed by atoms with Gasteiger partial charge in [0, 0.05) is 23.9 Å². The number of aromatic amines is 1. The Bertz CT molecular complexity index is 752. The van der Waals surface area contributed by atoms with Crippen molar-refractivity contribution in [3.63, 3.8) is 0 Å². The fourth-order valence-electron chi connectivity index (χ4n) is 2.33. The number of fused-ring (bicyclic) bond motifs is 2. The zero-order valence-corrected chi connectivity index (χ0v) is 12.1. The Labute approximate surface area is 124 Å². The van der Waals surface area contributed by atoms with E-state index in [1.165, 1.54) is 0 Å². The minimum absolute atomic E-state index is 0.574. The van der Waals surface area contributed by atoms with Crippen LogP contribution in [0.1, 0.15) is 5.01 Å². The average Bonchev–Trinajstić information content (AvgIpc) is 3.11. The third-order valence-electron chi connectivity index (χ3n) is 3.30. The predicted molar refractivity (Wildman–Crippen MR) is 81.0 cm³/mol. The Morgan fingerprint density at radius 2 is 2.00 bits per heavy atom. The number of nitrogens with two attached hydrogens (primary N) is 1. The number of hydrogen-bond acceptors (Lipinski definition) is 6. The van der Waals surface area contributed by atoms with Crippen molar-refractivity contribution in [3.8, 4) is 23.0 Å². The molecule has 0 bridgehead atoms. The first-order valence-electron chi connectivity index (χ1n) is 6.78. The van der Waals surface area contributed by atoms with Gasteiger partial charge in [0.1, 0.15) is 18.9 Å². The van der Waals surface area contributed by atoms with Gasteiger partial charge in [-0.2, -0.15) is 0 Å². The van der Waals surface area contributed by atoms with E-state index in [4.69, 9.17) is 15.2 Å². The van der Waals surface area contributed by atoms with Gasteiger partial charge in [0.25, 0.3) is 0 Å². The number of nitrogens with one attached hydrogen (secondary N) is 1. The van der Waals surface area contributed by atoms with Crippen LogP contribution in [-0.4, -0.2) is 34.7 Å². The van der Waals surface area contributed by atoms with Gasteiger partial charge in [0.2, 0.25) is 0 Å². The first-order chi connectivity index (χ1) is 10.3. The van der Waals surface area contributed by atoms with E-state index in [2.05, 4.69) is 15.0 Å². The normalized spacial score (nSPS) is 13.8. The van der Waals surface area contributed by atoms with Crippen molar-refractivity contribution in [3.05, 3.63) is 22.5 Å². The summed E-state index contributed by atoms with van der Waals surface area (Å²) in [6, 6.07) is 3.82. The van der Waals surface area contributed by atoms with E-state index in [0.29, 0.717) is 19.8 Å². The van der Waals surface area contributed by atoms with Crippen molar-refractivity contribution in [2.24, 2.45) is 5.73 Å². The number of benzene rings is 1. The SMILES string of the molecule is NCCc1nc(-c2nc3cc4c(cc3[nH]2)OCCO4)cs1. The average molecular weight is 302 g/mol. The molecular formula is C14H14N4O2S. The molecule has 0 unspecified atom stereocenters. The van der Waals surface area contributed by atoms with E-state index >= 15 is 0 Å². The molecule has 7 heteroatoms. The largest absolute Gasteiger partial charge is 0.486 e. The van der Waals surface area contributed by atoms with E-state index in [1.54, 1.807) is 11.3 Å². The Morgan fingerprint density at radius 1 is 1.19 bits per heavy atom. The van der Waals surface area contributed by atoms with Crippen molar-refractivity contribution >= 4 is 22.4 Å². The number of thiazole rings is 1. The van der Waals surface area contributed by atoms with E-state index in [-0.39, 0.29) is 0 Å². The second kappa shape index (κ2) is 5.01. The third-order valence-corrected chi connectivity index (χ3v) is 4.21. The fraction of sp³-hybridized carbons (Fsp3) is 0.286. The van der Waals surface area contributed by atoms with Gasteiger partial charge >= 0.3 is 0 Å². The van der Waals surface area contributed by atoms with Crippen LogP contribution < -0.4 is 15.2 Å². The molecule has 3 heterocycles. The maximum atomic E-state index is 5.58. The number of rotatable bonds is 3.